The minimum Gasteiger partial charge on any atom is -0.481 e. The van der Waals surface area contributed by atoms with E-state index in [1.54, 1.807) is 0 Å². The molecule has 0 aliphatic carbocycles. The summed E-state index contributed by atoms with van der Waals surface area (Å²) in [7, 11) is 0. The number of carbonyl (C=O) groups is 2. The molecule has 164 valence electrons. The summed E-state index contributed by atoms with van der Waals surface area (Å²) < 4.78 is 0. The number of carbonyl (C=O) groups excluding carboxylic acids is 1. The van der Waals surface area contributed by atoms with Crippen molar-refractivity contribution in [3.63, 3.8) is 0 Å². The predicted molar refractivity (Wildman–Crippen MR) is 129 cm³/mol. The van der Waals surface area contributed by atoms with E-state index < -0.39 is 5.97 Å². The molecule has 4 nitrogen and oxygen atoms in total. The SMILES string of the molecule is CC(CNC(=O)Cc1ccc(C=C(CCC(=O)O)c2ccccc2)cc1)c1ccccc1. The van der Waals surface area contributed by atoms with E-state index in [-0.39, 0.29) is 18.2 Å². The lowest BCUT2D eigenvalue weighted by atomic mass is 9.98. The first-order chi connectivity index (χ1) is 15.5. The van der Waals surface area contributed by atoms with Crippen molar-refractivity contribution in [1.29, 1.82) is 0 Å². The van der Waals surface area contributed by atoms with Crippen molar-refractivity contribution < 1.29 is 14.7 Å². The molecule has 1 amide bonds. The van der Waals surface area contributed by atoms with E-state index in [1.165, 1.54) is 5.56 Å². The maximum absolute atomic E-state index is 12.4. The lowest BCUT2D eigenvalue weighted by Crippen LogP contribution is -2.28. The maximum atomic E-state index is 12.4. The lowest BCUT2D eigenvalue weighted by Gasteiger charge is -2.13. The summed E-state index contributed by atoms with van der Waals surface area (Å²) in [6.07, 6.45) is 2.89. The molecule has 1 atom stereocenters. The first-order valence-corrected chi connectivity index (χ1v) is 10.9. The van der Waals surface area contributed by atoms with Crippen LogP contribution in [0.1, 0.15) is 47.9 Å². The number of hydrogen-bond acceptors (Lipinski definition) is 2. The first-order valence-electron chi connectivity index (χ1n) is 10.9. The molecule has 0 aromatic heterocycles. The Balaban J connectivity index is 1.60. The molecule has 32 heavy (non-hydrogen) atoms. The Morgan fingerprint density at radius 1 is 0.875 bits per heavy atom. The van der Waals surface area contributed by atoms with Gasteiger partial charge in [0.05, 0.1) is 6.42 Å². The fourth-order valence-electron chi connectivity index (χ4n) is 3.54. The normalized spacial score (nSPS) is 12.2. The van der Waals surface area contributed by atoms with Crippen LogP contribution >= 0.6 is 0 Å². The van der Waals surface area contributed by atoms with Crippen LogP contribution in [0.3, 0.4) is 0 Å². The van der Waals surface area contributed by atoms with Gasteiger partial charge in [0.15, 0.2) is 0 Å². The number of carboxylic acids is 1. The highest BCUT2D eigenvalue weighted by atomic mass is 16.4. The van der Waals surface area contributed by atoms with E-state index in [0.29, 0.717) is 19.4 Å². The van der Waals surface area contributed by atoms with Gasteiger partial charge in [-0.2, -0.15) is 0 Å². The van der Waals surface area contributed by atoms with Gasteiger partial charge in [-0.15, -0.1) is 0 Å². The number of hydrogen-bond donors (Lipinski definition) is 2. The molecular weight excluding hydrogens is 398 g/mol. The van der Waals surface area contributed by atoms with Gasteiger partial charge in [0.1, 0.15) is 0 Å². The minimum absolute atomic E-state index is 0.00232. The Bertz CT molecular complexity index is 1040. The third-order valence-electron chi connectivity index (χ3n) is 5.41. The minimum atomic E-state index is -0.810. The summed E-state index contributed by atoms with van der Waals surface area (Å²) in [4.78, 5) is 23.4. The third kappa shape index (κ3) is 7.24. The molecule has 1 unspecified atom stereocenters. The fourth-order valence-corrected chi connectivity index (χ4v) is 3.54. The van der Waals surface area contributed by atoms with Crippen LogP contribution < -0.4 is 5.32 Å². The summed E-state index contributed by atoms with van der Waals surface area (Å²) in [6.45, 7) is 2.71. The largest absolute Gasteiger partial charge is 0.481 e. The van der Waals surface area contributed by atoms with Gasteiger partial charge in [0, 0.05) is 13.0 Å². The molecule has 0 fully saturated rings. The van der Waals surface area contributed by atoms with Crippen LogP contribution in [0.5, 0.6) is 0 Å². The van der Waals surface area contributed by atoms with Crippen molar-refractivity contribution in [3.8, 4) is 0 Å². The molecule has 0 saturated carbocycles. The molecule has 0 aliphatic heterocycles. The Hall–Kier alpha value is -3.66. The van der Waals surface area contributed by atoms with Gasteiger partial charge in [-0.05, 0) is 40.2 Å². The molecule has 0 aliphatic rings. The highest BCUT2D eigenvalue weighted by Crippen LogP contribution is 2.23. The van der Waals surface area contributed by atoms with Crippen LogP contribution in [0.15, 0.2) is 84.9 Å². The number of allylic oxidation sites excluding steroid dienone is 1. The fraction of sp³-hybridized carbons (Fsp3) is 0.214. The van der Waals surface area contributed by atoms with Crippen LogP contribution in [-0.4, -0.2) is 23.5 Å². The van der Waals surface area contributed by atoms with Crippen molar-refractivity contribution in [2.45, 2.75) is 32.1 Å². The van der Waals surface area contributed by atoms with E-state index >= 15 is 0 Å². The van der Waals surface area contributed by atoms with Gasteiger partial charge in [0.2, 0.25) is 5.91 Å². The Morgan fingerprint density at radius 3 is 2.12 bits per heavy atom. The summed E-state index contributed by atoms with van der Waals surface area (Å²) in [5.41, 5.74) is 5.13. The topological polar surface area (TPSA) is 66.4 Å². The summed E-state index contributed by atoms with van der Waals surface area (Å²) in [6, 6.07) is 27.8. The molecule has 4 heteroatoms. The Kier molecular flexibility index (Phi) is 8.38. The van der Waals surface area contributed by atoms with Crippen LogP contribution in [0.2, 0.25) is 0 Å². The number of nitrogens with one attached hydrogen (secondary N) is 1. The van der Waals surface area contributed by atoms with E-state index in [2.05, 4.69) is 24.4 Å². The predicted octanol–water partition coefficient (Wildman–Crippen LogP) is 5.55. The molecule has 3 rings (SSSR count). The number of carboxylic acid groups (broad SMARTS) is 1. The van der Waals surface area contributed by atoms with Crippen molar-refractivity contribution >= 4 is 23.5 Å². The van der Waals surface area contributed by atoms with Gasteiger partial charge >= 0.3 is 5.97 Å². The Morgan fingerprint density at radius 2 is 1.50 bits per heavy atom. The third-order valence-corrected chi connectivity index (χ3v) is 5.41. The highest BCUT2D eigenvalue weighted by Gasteiger charge is 2.09. The van der Waals surface area contributed by atoms with E-state index in [0.717, 1.165) is 22.3 Å². The molecule has 3 aromatic carbocycles. The smallest absolute Gasteiger partial charge is 0.303 e. The zero-order chi connectivity index (χ0) is 22.8. The quantitative estimate of drug-likeness (QED) is 0.417. The molecule has 0 heterocycles. The van der Waals surface area contributed by atoms with E-state index in [1.807, 2.05) is 78.9 Å². The van der Waals surface area contributed by atoms with Crippen LogP contribution in [-0.2, 0) is 16.0 Å². The second-order valence-corrected chi connectivity index (χ2v) is 7.96. The number of rotatable bonds is 10. The molecule has 0 spiro atoms. The van der Waals surface area contributed by atoms with Gasteiger partial charge in [-0.1, -0.05) is 97.9 Å². The summed E-state index contributed by atoms with van der Waals surface area (Å²) in [5, 5.41) is 12.1. The summed E-state index contributed by atoms with van der Waals surface area (Å²) in [5.74, 6) is -0.549. The maximum Gasteiger partial charge on any atom is 0.303 e. The van der Waals surface area contributed by atoms with Crippen LogP contribution in [0.4, 0.5) is 0 Å². The van der Waals surface area contributed by atoms with Crippen LogP contribution in [0, 0.1) is 0 Å². The molecule has 0 radical (unpaired) electrons. The van der Waals surface area contributed by atoms with Crippen molar-refractivity contribution in [1.82, 2.24) is 5.32 Å². The second kappa shape index (κ2) is 11.7. The molecule has 3 aromatic rings. The Labute approximate surface area is 189 Å². The molecule has 0 bridgehead atoms. The molecular formula is C28H29NO3. The second-order valence-electron chi connectivity index (χ2n) is 7.96. The van der Waals surface area contributed by atoms with Gasteiger partial charge in [-0.3, -0.25) is 9.59 Å². The van der Waals surface area contributed by atoms with E-state index in [9.17, 15) is 9.59 Å². The average molecular weight is 428 g/mol. The van der Waals surface area contributed by atoms with Crippen LogP contribution in [0.25, 0.3) is 11.6 Å². The molecule has 2 N–H and O–H groups in total. The van der Waals surface area contributed by atoms with Gasteiger partial charge < -0.3 is 10.4 Å². The monoisotopic (exact) mass is 427 g/mol. The zero-order valence-electron chi connectivity index (χ0n) is 18.3. The van der Waals surface area contributed by atoms with Gasteiger partial charge in [0.25, 0.3) is 0 Å². The van der Waals surface area contributed by atoms with Crippen molar-refractivity contribution in [2.24, 2.45) is 0 Å². The zero-order valence-corrected chi connectivity index (χ0v) is 18.3. The van der Waals surface area contributed by atoms with Gasteiger partial charge in [-0.25, -0.2) is 0 Å². The molecule has 0 saturated heterocycles. The number of aliphatic carboxylic acids is 1. The number of amides is 1. The standard InChI is InChI=1S/C28H29NO3/c1-21(24-8-4-2-5-9-24)20-29-27(30)19-23-14-12-22(13-15-23)18-26(16-17-28(31)32)25-10-6-3-7-11-25/h2-15,18,21H,16-17,19-20H2,1H3,(H,29,30)(H,31,32). The highest BCUT2D eigenvalue weighted by molar-refractivity contribution is 5.83. The average Bonchev–Trinajstić information content (AvgIpc) is 2.82. The summed E-state index contributed by atoms with van der Waals surface area (Å²) >= 11 is 0. The lowest BCUT2D eigenvalue weighted by molar-refractivity contribution is -0.136. The van der Waals surface area contributed by atoms with E-state index in [4.69, 9.17) is 5.11 Å². The van der Waals surface area contributed by atoms with Crippen molar-refractivity contribution in [2.75, 3.05) is 6.54 Å². The van der Waals surface area contributed by atoms with Crippen molar-refractivity contribution in [3.05, 3.63) is 107 Å². The number of benzene rings is 3. The first kappa shape index (κ1) is 23.0.